The van der Waals surface area contributed by atoms with Gasteiger partial charge < -0.3 is 15.1 Å². The van der Waals surface area contributed by atoms with Crippen LogP contribution < -0.4 is 10.2 Å². The van der Waals surface area contributed by atoms with Gasteiger partial charge in [-0.1, -0.05) is 48.5 Å². The normalized spacial score (nSPS) is 22.0. The second kappa shape index (κ2) is 8.13. The van der Waals surface area contributed by atoms with Crippen LogP contribution in [0.1, 0.15) is 24.5 Å². The van der Waals surface area contributed by atoms with Gasteiger partial charge in [-0.05, 0) is 36.0 Å². The molecule has 1 aliphatic carbocycles. The van der Waals surface area contributed by atoms with Crippen molar-refractivity contribution in [3.8, 4) is 0 Å². The topological polar surface area (TPSA) is 35.6 Å². The maximum Gasteiger partial charge on any atom is 0.219 e. The lowest BCUT2D eigenvalue weighted by atomic mass is 10.1. The van der Waals surface area contributed by atoms with Gasteiger partial charge in [-0.2, -0.15) is 0 Å². The molecule has 2 atom stereocenters. The molecule has 2 aromatic carbocycles. The van der Waals surface area contributed by atoms with Crippen LogP contribution in [0.15, 0.2) is 54.6 Å². The Balaban J connectivity index is 1.31. The van der Waals surface area contributed by atoms with E-state index >= 15 is 0 Å². The second-order valence-corrected chi connectivity index (χ2v) is 7.79. The van der Waals surface area contributed by atoms with Crippen LogP contribution in [0, 0.1) is 5.92 Å². The molecule has 2 aromatic rings. The number of anilines is 1. The molecule has 1 N–H and O–H groups in total. The largest absolute Gasteiger partial charge is 0.368 e. The molecule has 27 heavy (non-hydrogen) atoms. The lowest BCUT2D eigenvalue weighted by Gasteiger charge is -2.36. The van der Waals surface area contributed by atoms with Crippen molar-refractivity contribution in [3.63, 3.8) is 0 Å². The van der Waals surface area contributed by atoms with Crippen LogP contribution in [0.4, 0.5) is 5.69 Å². The van der Waals surface area contributed by atoms with Gasteiger partial charge in [0.25, 0.3) is 0 Å². The highest BCUT2D eigenvalue weighted by Gasteiger charge is 2.36. The van der Waals surface area contributed by atoms with Crippen LogP contribution in [-0.2, 0) is 17.8 Å². The van der Waals surface area contributed by atoms with Crippen molar-refractivity contribution in [2.24, 2.45) is 5.92 Å². The molecule has 0 radical (unpaired) electrons. The number of amides is 1. The van der Waals surface area contributed by atoms with E-state index in [1.807, 2.05) is 4.90 Å². The average Bonchev–Trinajstić information content (AvgIpc) is 3.45. The molecule has 4 heteroatoms. The van der Waals surface area contributed by atoms with E-state index in [2.05, 4.69) is 64.8 Å². The first-order valence-corrected chi connectivity index (χ1v) is 10.1. The van der Waals surface area contributed by atoms with E-state index in [4.69, 9.17) is 0 Å². The molecule has 1 aliphatic heterocycles. The Morgan fingerprint density at radius 3 is 2.44 bits per heavy atom. The number of hydrogen-bond acceptors (Lipinski definition) is 3. The molecular formula is C23H29N3O. The molecule has 1 saturated carbocycles. The molecule has 142 valence electrons. The molecule has 4 nitrogen and oxygen atoms in total. The van der Waals surface area contributed by atoms with Crippen LogP contribution in [0.3, 0.4) is 0 Å². The molecule has 0 spiro atoms. The molecule has 1 saturated heterocycles. The Hall–Kier alpha value is -2.33. The Morgan fingerprint density at radius 2 is 1.70 bits per heavy atom. The minimum atomic E-state index is 0.183. The number of carbonyl (C=O) groups excluding carboxylic acids is 1. The standard InChI is InChI=1S/C23H29N3O/c1-18(27)25-11-13-26(14-12-25)23-10-6-5-9-20(23)17-24-22-16-21(22)15-19-7-3-2-4-8-19/h2-10,21-22,24H,11-17H2,1H3. The summed E-state index contributed by atoms with van der Waals surface area (Å²) in [5.41, 5.74) is 4.11. The smallest absolute Gasteiger partial charge is 0.219 e. The molecule has 1 heterocycles. The number of rotatable bonds is 6. The lowest BCUT2D eigenvalue weighted by molar-refractivity contribution is -0.129. The number of piperazine rings is 1. The first-order chi connectivity index (χ1) is 13.2. The van der Waals surface area contributed by atoms with E-state index in [9.17, 15) is 4.79 Å². The highest BCUT2D eigenvalue weighted by molar-refractivity contribution is 5.73. The van der Waals surface area contributed by atoms with Crippen LogP contribution in [-0.4, -0.2) is 43.0 Å². The SMILES string of the molecule is CC(=O)N1CCN(c2ccccc2CNC2CC2Cc2ccccc2)CC1. The Bertz CT molecular complexity index is 768. The van der Waals surface area contributed by atoms with Crippen LogP contribution >= 0.6 is 0 Å². The summed E-state index contributed by atoms with van der Waals surface area (Å²) in [6.07, 6.45) is 2.45. The minimum Gasteiger partial charge on any atom is -0.368 e. The van der Waals surface area contributed by atoms with Gasteiger partial charge >= 0.3 is 0 Å². The third-order valence-electron chi connectivity index (χ3n) is 5.88. The molecule has 0 aromatic heterocycles. The Kier molecular flexibility index (Phi) is 5.44. The van der Waals surface area contributed by atoms with Crippen molar-refractivity contribution >= 4 is 11.6 Å². The molecule has 2 unspecified atom stereocenters. The van der Waals surface area contributed by atoms with Crippen molar-refractivity contribution in [1.82, 2.24) is 10.2 Å². The summed E-state index contributed by atoms with van der Waals surface area (Å²) in [6.45, 7) is 6.04. The molecule has 2 aliphatic rings. The van der Waals surface area contributed by atoms with Gasteiger partial charge in [0, 0.05) is 51.4 Å². The van der Waals surface area contributed by atoms with E-state index in [1.165, 1.54) is 29.7 Å². The van der Waals surface area contributed by atoms with E-state index in [-0.39, 0.29) is 5.91 Å². The number of carbonyl (C=O) groups is 1. The van der Waals surface area contributed by atoms with E-state index in [0.717, 1.165) is 38.6 Å². The van der Waals surface area contributed by atoms with Gasteiger partial charge in [0.2, 0.25) is 5.91 Å². The summed E-state index contributed by atoms with van der Waals surface area (Å²) >= 11 is 0. The first kappa shape index (κ1) is 18.1. The monoisotopic (exact) mass is 363 g/mol. The molecule has 1 amide bonds. The molecule has 4 rings (SSSR count). The fraction of sp³-hybridized carbons (Fsp3) is 0.435. The van der Waals surface area contributed by atoms with E-state index < -0.39 is 0 Å². The number of hydrogen-bond donors (Lipinski definition) is 1. The van der Waals surface area contributed by atoms with Crippen LogP contribution in [0.2, 0.25) is 0 Å². The number of nitrogens with one attached hydrogen (secondary N) is 1. The fourth-order valence-electron chi connectivity index (χ4n) is 4.11. The Morgan fingerprint density at radius 1 is 1.00 bits per heavy atom. The summed E-state index contributed by atoms with van der Waals surface area (Å²) in [5.74, 6) is 0.946. The van der Waals surface area contributed by atoms with Gasteiger partial charge in [0.1, 0.15) is 0 Å². The third-order valence-corrected chi connectivity index (χ3v) is 5.88. The van der Waals surface area contributed by atoms with Crippen LogP contribution in [0.25, 0.3) is 0 Å². The van der Waals surface area contributed by atoms with Crippen molar-refractivity contribution in [3.05, 3.63) is 65.7 Å². The summed E-state index contributed by atoms with van der Waals surface area (Å²) in [4.78, 5) is 15.9. The predicted molar refractivity (Wildman–Crippen MR) is 110 cm³/mol. The summed E-state index contributed by atoms with van der Waals surface area (Å²) in [6, 6.07) is 20.1. The zero-order valence-corrected chi connectivity index (χ0v) is 16.1. The van der Waals surface area contributed by atoms with E-state index in [0.29, 0.717) is 6.04 Å². The number of benzene rings is 2. The second-order valence-electron chi connectivity index (χ2n) is 7.79. The summed E-state index contributed by atoms with van der Waals surface area (Å²) < 4.78 is 0. The average molecular weight is 364 g/mol. The summed E-state index contributed by atoms with van der Waals surface area (Å²) in [7, 11) is 0. The predicted octanol–water partition coefficient (Wildman–Crippen LogP) is 3.08. The van der Waals surface area contributed by atoms with Crippen molar-refractivity contribution in [2.45, 2.75) is 32.4 Å². The van der Waals surface area contributed by atoms with Gasteiger partial charge in [-0.3, -0.25) is 4.79 Å². The Labute approximate surface area is 162 Å². The molecular weight excluding hydrogens is 334 g/mol. The number of para-hydroxylation sites is 1. The third kappa shape index (κ3) is 4.51. The van der Waals surface area contributed by atoms with E-state index in [1.54, 1.807) is 6.92 Å². The minimum absolute atomic E-state index is 0.183. The maximum absolute atomic E-state index is 11.6. The van der Waals surface area contributed by atoms with Gasteiger partial charge in [0.15, 0.2) is 0 Å². The fourth-order valence-corrected chi connectivity index (χ4v) is 4.11. The highest BCUT2D eigenvalue weighted by atomic mass is 16.2. The van der Waals surface area contributed by atoms with Crippen molar-refractivity contribution < 1.29 is 4.79 Å². The van der Waals surface area contributed by atoms with Crippen molar-refractivity contribution in [1.29, 1.82) is 0 Å². The molecule has 2 fully saturated rings. The summed E-state index contributed by atoms with van der Waals surface area (Å²) in [5, 5.41) is 3.76. The van der Waals surface area contributed by atoms with Crippen LogP contribution in [0.5, 0.6) is 0 Å². The van der Waals surface area contributed by atoms with Gasteiger partial charge in [-0.15, -0.1) is 0 Å². The van der Waals surface area contributed by atoms with Crippen molar-refractivity contribution in [2.75, 3.05) is 31.1 Å². The molecule has 0 bridgehead atoms. The zero-order valence-electron chi connectivity index (χ0n) is 16.1. The first-order valence-electron chi connectivity index (χ1n) is 10.1. The zero-order chi connectivity index (χ0) is 18.6. The maximum atomic E-state index is 11.6. The lowest BCUT2D eigenvalue weighted by Crippen LogP contribution is -2.48. The number of nitrogens with zero attached hydrogens (tertiary/aromatic N) is 2. The quantitative estimate of drug-likeness (QED) is 0.857. The van der Waals surface area contributed by atoms with Gasteiger partial charge in [-0.25, -0.2) is 0 Å². The van der Waals surface area contributed by atoms with Gasteiger partial charge in [0.05, 0.1) is 0 Å². The highest BCUT2D eigenvalue weighted by Crippen LogP contribution is 2.34.